The summed E-state index contributed by atoms with van der Waals surface area (Å²) in [7, 11) is 0. The van der Waals surface area contributed by atoms with E-state index in [1.165, 1.54) is 12.1 Å². The highest BCUT2D eigenvalue weighted by Crippen LogP contribution is 2.30. The molecule has 1 aromatic heterocycles. The standard InChI is InChI=1S/C16H13ClF2N2/c1-9-6-7-12-14(8-9)21(16(20-12)10(2)17)13-5-3-4-11(18)15(13)19/h3-8,10H,1-2H3. The van der Waals surface area contributed by atoms with Crippen molar-refractivity contribution in [3.8, 4) is 5.69 Å². The molecule has 0 aliphatic rings. The number of rotatable bonds is 2. The third kappa shape index (κ3) is 2.29. The molecule has 0 bridgehead atoms. The number of aryl methyl sites for hydroxylation is 1. The Morgan fingerprint density at radius 3 is 2.67 bits per heavy atom. The number of benzene rings is 2. The monoisotopic (exact) mass is 306 g/mol. The number of fused-ring (bicyclic) bond motifs is 1. The minimum absolute atomic E-state index is 0.116. The molecular formula is C16H13ClF2N2. The molecule has 1 heterocycles. The van der Waals surface area contributed by atoms with Crippen LogP contribution < -0.4 is 0 Å². The minimum Gasteiger partial charge on any atom is -0.292 e. The van der Waals surface area contributed by atoms with Gasteiger partial charge in [-0.15, -0.1) is 11.6 Å². The molecule has 3 rings (SSSR count). The van der Waals surface area contributed by atoms with Crippen molar-refractivity contribution in [3.05, 3.63) is 59.4 Å². The van der Waals surface area contributed by atoms with E-state index in [4.69, 9.17) is 11.6 Å². The molecule has 5 heteroatoms. The molecule has 0 aliphatic carbocycles. The van der Waals surface area contributed by atoms with Crippen molar-refractivity contribution in [2.45, 2.75) is 19.2 Å². The summed E-state index contributed by atoms with van der Waals surface area (Å²) in [5, 5.41) is -0.430. The van der Waals surface area contributed by atoms with Crippen LogP contribution in [0.3, 0.4) is 0 Å². The van der Waals surface area contributed by atoms with Gasteiger partial charge in [-0.1, -0.05) is 12.1 Å². The Kier molecular flexibility index (Phi) is 3.41. The fourth-order valence-corrected chi connectivity index (χ4v) is 2.54. The van der Waals surface area contributed by atoms with Crippen molar-refractivity contribution in [1.29, 1.82) is 0 Å². The number of halogens is 3. The van der Waals surface area contributed by atoms with Gasteiger partial charge in [-0.2, -0.15) is 0 Å². The first kappa shape index (κ1) is 14.0. The molecule has 108 valence electrons. The normalized spacial score (nSPS) is 12.8. The van der Waals surface area contributed by atoms with E-state index in [0.29, 0.717) is 16.9 Å². The maximum absolute atomic E-state index is 14.2. The lowest BCUT2D eigenvalue weighted by Crippen LogP contribution is -2.05. The lowest BCUT2D eigenvalue weighted by molar-refractivity contribution is 0.504. The van der Waals surface area contributed by atoms with Crippen LogP contribution in [0.25, 0.3) is 16.7 Å². The fourth-order valence-electron chi connectivity index (χ4n) is 2.39. The number of imidazole rings is 1. The predicted molar refractivity (Wildman–Crippen MR) is 80.0 cm³/mol. The Morgan fingerprint density at radius 1 is 1.19 bits per heavy atom. The number of hydrogen-bond acceptors (Lipinski definition) is 1. The van der Waals surface area contributed by atoms with Gasteiger partial charge in [0.25, 0.3) is 0 Å². The number of alkyl halides is 1. The van der Waals surface area contributed by atoms with Crippen LogP contribution in [-0.2, 0) is 0 Å². The van der Waals surface area contributed by atoms with Gasteiger partial charge in [0, 0.05) is 0 Å². The van der Waals surface area contributed by atoms with Crippen LogP contribution in [0, 0.1) is 18.6 Å². The van der Waals surface area contributed by atoms with Gasteiger partial charge in [0.15, 0.2) is 11.6 Å². The van der Waals surface area contributed by atoms with Crippen LogP contribution >= 0.6 is 11.6 Å². The average molecular weight is 307 g/mol. The molecule has 0 amide bonds. The van der Waals surface area contributed by atoms with Crippen molar-refractivity contribution in [2.24, 2.45) is 0 Å². The second-order valence-corrected chi connectivity index (χ2v) is 5.64. The Balaban J connectivity index is 2.41. The van der Waals surface area contributed by atoms with E-state index in [0.717, 1.165) is 11.6 Å². The highest BCUT2D eigenvalue weighted by Gasteiger charge is 2.20. The van der Waals surface area contributed by atoms with Crippen molar-refractivity contribution in [3.63, 3.8) is 0 Å². The molecule has 0 fully saturated rings. The Bertz CT molecular complexity index is 825. The van der Waals surface area contributed by atoms with Crippen LogP contribution in [0.1, 0.15) is 23.7 Å². The lowest BCUT2D eigenvalue weighted by atomic mass is 10.2. The van der Waals surface area contributed by atoms with Crippen molar-refractivity contribution in [2.75, 3.05) is 0 Å². The zero-order valence-corrected chi connectivity index (χ0v) is 12.3. The molecule has 3 aromatic rings. The third-order valence-electron chi connectivity index (χ3n) is 3.36. The number of aromatic nitrogens is 2. The molecule has 21 heavy (non-hydrogen) atoms. The summed E-state index contributed by atoms with van der Waals surface area (Å²) in [6, 6.07) is 9.73. The van der Waals surface area contributed by atoms with Crippen LogP contribution in [0.2, 0.25) is 0 Å². The van der Waals surface area contributed by atoms with Crippen LogP contribution in [-0.4, -0.2) is 9.55 Å². The van der Waals surface area contributed by atoms with Crippen molar-refractivity contribution < 1.29 is 8.78 Å². The Morgan fingerprint density at radius 2 is 1.95 bits per heavy atom. The number of hydrogen-bond donors (Lipinski definition) is 0. The lowest BCUT2D eigenvalue weighted by Gasteiger charge is -2.12. The SMILES string of the molecule is Cc1ccc2nc(C(C)Cl)n(-c3cccc(F)c3F)c2c1. The summed E-state index contributed by atoms with van der Waals surface area (Å²) >= 11 is 6.16. The summed E-state index contributed by atoms with van der Waals surface area (Å²) in [4.78, 5) is 4.44. The van der Waals surface area contributed by atoms with Crippen molar-refractivity contribution >= 4 is 22.6 Å². The highest BCUT2D eigenvalue weighted by molar-refractivity contribution is 6.20. The van der Waals surface area contributed by atoms with E-state index < -0.39 is 17.0 Å². The number of nitrogens with zero attached hydrogens (tertiary/aromatic N) is 2. The maximum Gasteiger partial charge on any atom is 0.182 e. The molecule has 0 radical (unpaired) electrons. The molecule has 0 saturated carbocycles. The first-order chi connectivity index (χ1) is 9.99. The highest BCUT2D eigenvalue weighted by atomic mass is 35.5. The minimum atomic E-state index is -0.906. The molecule has 2 aromatic carbocycles. The van der Waals surface area contributed by atoms with E-state index >= 15 is 0 Å². The zero-order valence-electron chi connectivity index (χ0n) is 11.6. The summed E-state index contributed by atoms with van der Waals surface area (Å²) in [6.45, 7) is 3.69. The van der Waals surface area contributed by atoms with E-state index in [2.05, 4.69) is 4.98 Å². The second kappa shape index (κ2) is 5.11. The summed E-state index contributed by atoms with van der Waals surface area (Å²) in [6.07, 6.45) is 0. The smallest absolute Gasteiger partial charge is 0.182 e. The van der Waals surface area contributed by atoms with Gasteiger partial charge >= 0.3 is 0 Å². The van der Waals surface area contributed by atoms with Gasteiger partial charge in [-0.05, 0) is 43.7 Å². The Hall–Kier alpha value is -1.94. The average Bonchev–Trinajstić information content (AvgIpc) is 2.80. The molecule has 0 spiro atoms. The fraction of sp³-hybridized carbons (Fsp3) is 0.188. The molecule has 0 aliphatic heterocycles. The topological polar surface area (TPSA) is 17.8 Å². The zero-order chi connectivity index (χ0) is 15.1. The van der Waals surface area contributed by atoms with E-state index in [-0.39, 0.29) is 5.69 Å². The van der Waals surface area contributed by atoms with Gasteiger partial charge < -0.3 is 0 Å². The largest absolute Gasteiger partial charge is 0.292 e. The summed E-state index contributed by atoms with van der Waals surface area (Å²) < 4.78 is 29.3. The second-order valence-electron chi connectivity index (χ2n) is 4.99. The van der Waals surface area contributed by atoms with E-state index in [1.54, 1.807) is 11.5 Å². The summed E-state index contributed by atoms with van der Waals surface area (Å²) in [5.41, 5.74) is 2.54. The molecule has 0 N–H and O–H groups in total. The maximum atomic E-state index is 14.2. The first-order valence-corrected chi connectivity index (χ1v) is 7.00. The Labute approximate surface area is 126 Å². The van der Waals surface area contributed by atoms with Crippen LogP contribution in [0.15, 0.2) is 36.4 Å². The van der Waals surface area contributed by atoms with Gasteiger partial charge in [-0.25, -0.2) is 13.8 Å². The van der Waals surface area contributed by atoms with E-state index in [9.17, 15) is 8.78 Å². The first-order valence-electron chi connectivity index (χ1n) is 6.56. The van der Waals surface area contributed by atoms with Gasteiger partial charge in [0.1, 0.15) is 5.82 Å². The summed E-state index contributed by atoms with van der Waals surface area (Å²) in [5.74, 6) is -1.31. The van der Waals surface area contributed by atoms with E-state index in [1.807, 2.05) is 25.1 Å². The van der Waals surface area contributed by atoms with Crippen molar-refractivity contribution in [1.82, 2.24) is 9.55 Å². The van der Waals surface area contributed by atoms with Crippen LogP contribution in [0.4, 0.5) is 8.78 Å². The van der Waals surface area contributed by atoms with Crippen LogP contribution in [0.5, 0.6) is 0 Å². The molecule has 1 atom stereocenters. The van der Waals surface area contributed by atoms with Gasteiger partial charge in [0.2, 0.25) is 0 Å². The van der Waals surface area contributed by atoms with Gasteiger partial charge in [-0.3, -0.25) is 4.57 Å². The molecular weight excluding hydrogens is 294 g/mol. The predicted octanol–water partition coefficient (Wildman–Crippen LogP) is 4.91. The van der Waals surface area contributed by atoms with Gasteiger partial charge in [0.05, 0.1) is 22.1 Å². The quantitative estimate of drug-likeness (QED) is 0.615. The third-order valence-corrected chi connectivity index (χ3v) is 3.56. The molecule has 2 nitrogen and oxygen atoms in total. The molecule has 0 saturated heterocycles. The molecule has 1 unspecified atom stereocenters.